The zero-order valence-electron chi connectivity index (χ0n) is 8.70. The average Bonchev–Trinajstić information content (AvgIpc) is 2.28. The van der Waals surface area contributed by atoms with E-state index in [1.165, 1.54) is 12.3 Å². The summed E-state index contributed by atoms with van der Waals surface area (Å²) in [5, 5.41) is 19.7. The van der Waals surface area contributed by atoms with Crippen molar-refractivity contribution in [3.63, 3.8) is 0 Å². The number of hydrogen-bond donors (Lipinski definition) is 2. The summed E-state index contributed by atoms with van der Waals surface area (Å²) in [5.74, 6) is 0. The molecule has 1 rings (SSSR count). The molecule has 0 saturated heterocycles. The quantitative estimate of drug-likeness (QED) is 0.829. The summed E-state index contributed by atoms with van der Waals surface area (Å²) in [6, 6.07) is 4.86. The van der Waals surface area contributed by atoms with Gasteiger partial charge in [0.15, 0.2) is 6.10 Å². The second-order valence-corrected chi connectivity index (χ2v) is 3.35. The summed E-state index contributed by atoms with van der Waals surface area (Å²) in [6.45, 7) is -0.460. The fourth-order valence-corrected chi connectivity index (χ4v) is 1.11. The number of alkyl halides is 3. The second-order valence-electron chi connectivity index (χ2n) is 3.35. The van der Waals surface area contributed by atoms with E-state index in [2.05, 4.69) is 10.3 Å². The molecule has 0 aromatic carbocycles. The van der Waals surface area contributed by atoms with Crippen LogP contribution in [-0.2, 0) is 6.54 Å². The normalized spacial score (nSPS) is 13.1. The third kappa shape index (κ3) is 4.38. The molecule has 4 nitrogen and oxygen atoms in total. The Morgan fingerprint density at radius 3 is 2.82 bits per heavy atom. The summed E-state index contributed by atoms with van der Waals surface area (Å²) >= 11 is 0. The summed E-state index contributed by atoms with van der Waals surface area (Å²) < 4.78 is 35.9. The number of aliphatic hydroxyl groups is 1. The van der Waals surface area contributed by atoms with Gasteiger partial charge >= 0.3 is 6.18 Å². The monoisotopic (exact) mass is 245 g/mol. The molecule has 0 spiro atoms. The van der Waals surface area contributed by atoms with Gasteiger partial charge in [0.1, 0.15) is 11.8 Å². The van der Waals surface area contributed by atoms with Gasteiger partial charge in [0, 0.05) is 19.3 Å². The van der Waals surface area contributed by atoms with E-state index in [1.54, 1.807) is 6.07 Å². The summed E-state index contributed by atoms with van der Waals surface area (Å²) in [6.07, 6.45) is -5.61. The Bertz CT molecular complexity index is 414. The highest BCUT2D eigenvalue weighted by Gasteiger charge is 2.37. The summed E-state index contributed by atoms with van der Waals surface area (Å²) in [5.41, 5.74) is 0.826. The van der Waals surface area contributed by atoms with Gasteiger partial charge in [-0.1, -0.05) is 0 Å². The number of pyridine rings is 1. The molecule has 0 aliphatic heterocycles. The predicted octanol–water partition coefficient (Wildman–Crippen LogP) is 0.966. The molecule has 0 aliphatic carbocycles. The van der Waals surface area contributed by atoms with Crippen molar-refractivity contribution in [3.8, 4) is 6.07 Å². The van der Waals surface area contributed by atoms with E-state index in [0.29, 0.717) is 5.56 Å². The minimum atomic E-state index is -4.62. The van der Waals surface area contributed by atoms with Crippen LogP contribution in [-0.4, -0.2) is 28.9 Å². The molecular formula is C10H10F3N3O. The summed E-state index contributed by atoms with van der Waals surface area (Å²) in [7, 11) is 0. The lowest BCUT2D eigenvalue weighted by molar-refractivity contribution is -0.201. The number of aromatic nitrogens is 1. The molecule has 92 valence electrons. The van der Waals surface area contributed by atoms with Gasteiger partial charge < -0.3 is 10.4 Å². The zero-order chi connectivity index (χ0) is 12.9. The van der Waals surface area contributed by atoms with E-state index >= 15 is 0 Å². The van der Waals surface area contributed by atoms with Crippen molar-refractivity contribution >= 4 is 0 Å². The first-order chi connectivity index (χ1) is 7.93. The van der Waals surface area contributed by atoms with Crippen LogP contribution in [0.4, 0.5) is 13.2 Å². The highest BCUT2D eigenvalue weighted by molar-refractivity contribution is 5.25. The first-order valence-corrected chi connectivity index (χ1v) is 4.74. The fraction of sp³-hybridized carbons (Fsp3) is 0.400. The number of nitrogens with zero attached hydrogens (tertiary/aromatic N) is 2. The molecule has 7 heteroatoms. The van der Waals surface area contributed by atoms with Crippen molar-refractivity contribution in [1.29, 1.82) is 5.26 Å². The third-order valence-electron chi connectivity index (χ3n) is 1.98. The third-order valence-corrected chi connectivity index (χ3v) is 1.98. The minimum Gasteiger partial charge on any atom is -0.382 e. The molecule has 1 aromatic heterocycles. The number of halogens is 3. The SMILES string of the molecule is N#Cc1cc(CNCC(O)C(F)(F)F)ccn1. The molecule has 1 atom stereocenters. The van der Waals surface area contributed by atoms with Crippen molar-refractivity contribution in [1.82, 2.24) is 10.3 Å². The van der Waals surface area contributed by atoms with Gasteiger partial charge in [0.05, 0.1) is 0 Å². The topological polar surface area (TPSA) is 68.9 Å². The second kappa shape index (κ2) is 5.61. The number of rotatable bonds is 4. The van der Waals surface area contributed by atoms with E-state index in [0.717, 1.165) is 0 Å². The molecule has 0 radical (unpaired) electrons. The van der Waals surface area contributed by atoms with E-state index in [-0.39, 0.29) is 12.2 Å². The lowest BCUT2D eigenvalue weighted by Gasteiger charge is -2.14. The van der Waals surface area contributed by atoms with Crippen LogP contribution in [0.1, 0.15) is 11.3 Å². The lowest BCUT2D eigenvalue weighted by atomic mass is 10.2. The molecule has 17 heavy (non-hydrogen) atoms. The molecule has 0 saturated carbocycles. The van der Waals surface area contributed by atoms with Crippen molar-refractivity contribution in [2.45, 2.75) is 18.8 Å². The Kier molecular flexibility index (Phi) is 4.43. The summed E-state index contributed by atoms with van der Waals surface area (Å²) in [4.78, 5) is 3.72. The number of nitrogens with one attached hydrogen (secondary N) is 1. The maximum atomic E-state index is 12.0. The van der Waals surface area contributed by atoms with E-state index in [1.807, 2.05) is 6.07 Å². The predicted molar refractivity (Wildman–Crippen MR) is 52.7 cm³/mol. The highest BCUT2D eigenvalue weighted by atomic mass is 19.4. The van der Waals surface area contributed by atoms with Gasteiger partial charge in [0.25, 0.3) is 0 Å². The van der Waals surface area contributed by atoms with E-state index in [4.69, 9.17) is 10.4 Å². The van der Waals surface area contributed by atoms with Crippen molar-refractivity contribution in [2.24, 2.45) is 0 Å². The van der Waals surface area contributed by atoms with Gasteiger partial charge in [-0.25, -0.2) is 4.98 Å². The first kappa shape index (κ1) is 13.4. The molecule has 1 aromatic rings. The maximum absolute atomic E-state index is 12.0. The van der Waals surface area contributed by atoms with Gasteiger partial charge in [-0.15, -0.1) is 0 Å². The average molecular weight is 245 g/mol. The molecule has 1 heterocycles. The van der Waals surface area contributed by atoms with Crippen LogP contribution >= 0.6 is 0 Å². The van der Waals surface area contributed by atoms with Crippen LogP contribution in [0, 0.1) is 11.3 Å². The fourth-order valence-electron chi connectivity index (χ4n) is 1.11. The van der Waals surface area contributed by atoms with Gasteiger partial charge in [-0.05, 0) is 17.7 Å². The van der Waals surface area contributed by atoms with Gasteiger partial charge in [0.2, 0.25) is 0 Å². The largest absolute Gasteiger partial charge is 0.415 e. The molecular weight excluding hydrogens is 235 g/mol. The van der Waals surface area contributed by atoms with Crippen LogP contribution in [0.5, 0.6) is 0 Å². The zero-order valence-corrected chi connectivity index (χ0v) is 8.70. The molecule has 2 N–H and O–H groups in total. The van der Waals surface area contributed by atoms with Crippen LogP contribution in [0.3, 0.4) is 0 Å². The lowest BCUT2D eigenvalue weighted by Crippen LogP contribution is -2.38. The van der Waals surface area contributed by atoms with Crippen LogP contribution < -0.4 is 5.32 Å². The van der Waals surface area contributed by atoms with Gasteiger partial charge in [-0.3, -0.25) is 0 Å². The van der Waals surface area contributed by atoms with Crippen molar-refractivity contribution in [3.05, 3.63) is 29.6 Å². The highest BCUT2D eigenvalue weighted by Crippen LogP contribution is 2.19. The first-order valence-electron chi connectivity index (χ1n) is 4.74. The number of nitriles is 1. The number of hydrogen-bond acceptors (Lipinski definition) is 4. The Morgan fingerprint density at radius 1 is 1.53 bits per heavy atom. The van der Waals surface area contributed by atoms with Crippen LogP contribution in [0.25, 0.3) is 0 Å². The van der Waals surface area contributed by atoms with Crippen LogP contribution in [0.2, 0.25) is 0 Å². The minimum absolute atomic E-state index is 0.129. The molecule has 0 amide bonds. The Labute approximate surface area is 95.7 Å². The Morgan fingerprint density at radius 2 is 2.24 bits per heavy atom. The van der Waals surface area contributed by atoms with E-state index in [9.17, 15) is 13.2 Å². The molecule has 1 unspecified atom stereocenters. The van der Waals surface area contributed by atoms with Crippen molar-refractivity contribution in [2.75, 3.05) is 6.54 Å². The molecule has 0 fully saturated rings. The maximum Gasteiger partial charge on any atom is 0.415 e. The van der Waals surface area contributed by atoms with Crippen LogP contribution in [0.15, 0.2) is 18.3 Å². The Hall–Kier alpha value is -1.65. The Balaban J connectivity index is 2.44. The smallest absolute Gasteiger partial charge is 0.382 e. The van der Waals surface area contributed by atoms with E-state index < -0.39 is 18.8 Å². The molecule has 0 aliphatic rings. The number of aliphatic hydroxyl groups excluding tert-OH is 1. The standard InChI is InChI=1S/C10H10F3N3O/c11-10(12,13)9(17)6-15-5-7-1-2-16-8(3-7)4-14/h1-3,9,15,17H,5-6H2. The molecule has 0 bridgehead atoms. The van der Waals surface area contributed by atoms with Gasteiger partial charge in [-0.2, -0.15) is 18.4 Å². The van der Waals surface area contributed by atoms with Crippen molar-refractivity contribution < 1.29 is 18.3 Å².